The Labute approximate surface area is 351 Å². The van der Waals surface area contributed by atoms with Crippen molar-refractivity contribution in [2.75, 3.05) is 30.1 Å². The molecular weight excluding hydrogens is 811 g/mol. The topological polar surface area (TPSA) is 99.6 Å². The Balaban J connectivity index is 1.17. The first kappa shape index (κ1) is 40.5. The van der Waals surface area contributed by atoms with Crippen molar-refractivity contribution in [2.24, 2.45) is 5.92 Å². The van der Waals surface area contributed by atoms with E-state index in [0.29, 0.717) is 32.5 Å². The second-order valence-corrected chi connectivity index (χ2v) is 22.7. The van der Waals surface area contributed by atoms with E-state index in [9.17, 15) is 14.7 Å². The van der Waals surface area contributed by atoms with Crippen LogP contribution in [-0.2, 0) is 44.2 Å². The summed E-state index contributed by atoms with van der Waals surface area (Å²) in [6, 6.07) is 30.0. The van der Waals surface area contributed by atoms with E-state index >= 15 is 4.79 Å². The van der Waals surface area contributed by atoms with Crippen LogP contribution in [0.3, 0.4) is 0 Å². The zero-order chi connectivity index (χ0) is 40.8. The SMILES string of the molecule is COc1ccc([Si](C)(C)[C@H]2[C@H](CC(=O)N3Cc4ccccc4C[C@H]3CO)O[C@@]3(C(=O)N(Cc4cccc(N5CCCCCCC5=O)c4)c4ccc(Br)cc43)[C@@H]2C)cc1. The summed E-state index contributed by atoms with van der Waals surface area (Å²) in [6.45, 7) is 8.06. The number of halogens is 1. The smallest absolute Gasteiger partial charge is 0.264 e. The number of nitrogens with zero attached hydrogens (tertiary/aromatic N) is 3. The second kappa shape index (κ2) is 16.4. The van der Waals surface area contributed by atoms with Crippen molar-refractivity contribution in [1.82, 2.24) is 4.90 Å². The third-order valence-corrected chi connectivity index (χ3v) is 18.3. The van der Waals surface area contributed by atoms with Gasteiger partial charge in [-0.25, -0.2) is 0 Å². The van der Waals surface area contributed by atoms with Crippen LogP contribution in [0.4, 0.5) is 11.4 Å². The van der Waals surface area contributed by atoms with Gasteiger partial charge in [-0.2, -0.15) is 0 Å². The minimum Gasteiger partial charge on any atom is -0.497 e. The first-order chi connectivity index (χ1) is 28.0. The molecule has 58 heavy (non-hydrogen) atoms. The van der Waals surface area contributed by atoms with Crippen LogP contribution in [0.15, 0.2) is 95.5 Å². The van der Waals surface area contributed by atoms with Crippen LogP contribution in [0.5, 0.6) is 5.75 Å². The number of aliphatic hydroxyl groups excluding tert-OH is 1. The molecule has 0 aromatic heterocycles. The van der Waals surface area contributed by atoms with E-state index in [1.54, 1.807) is 7.11 Å². The number of hydrogen-bond donors (Lipinski definition) is 1. The lowest BCUT2D eigenvalue weighted by molar-refractivity contribution is -0.151. The van der Waals surface area contributed by atoms with E-state index in [2.05, 4.69) is 60.2 Å². The summed E-state index contributed by atoms with van der Waals surface area (Å²) in [7, 11) is -0.863. The predicted molar refractivity (Wildman–Crippen MR) is 233 cm³/mol. The highest BCUT2D eigenvalue weighted by Gasteiger charge is 2.66. The van der Waals surface area contributed by atoms with Crippen LogP contribution in [-0.4, -0.2) is 68.2 Å². The molecule has 11 heteroatoms. The third-order valence-electron chi connectivity index (χ3n) is 13.4. The number of rotatable bonds is 9. The first-order valence-corrected chi connectivity index (χ1v) is 24.6. The molecule has 1 spiro atoms. The molecular formula is C47H54BrN3O6Si. The van der Waals surface area contributed by atoms with Gasteiger partial charge in [0, 0.05) is 41.2 Å². The number of ether oxygens (including phenoxy) is 2. The maximum atomic E-state index is 15.5. The molecule has 2 fully saturated rings. The van der Waals surface area contributed by atoms with Gasteiger partial charge in [-0.3, -0.25) is 14.4 Å². The molecule has 0 unspecified atom stereocenters. The van der Waals surface area contributed by atoms with Crippen molar-refractivity contribution in [1.29, 1.82) is 0 Å². The normalized spacial score (nSPS) is 24.8. The lowest BCUT2D eigenvalue weighted by Gasteiger charge is -2.39. The van der Waals surface area contributed by atoms with Crippen molar-refractivity contribution in [3.8, 4) is 5.75 Å². The van der Waals surface area contributed by atoms with Gasteiger partial charge in [0.1, 0.15) is 5.75 Å². The van der Waals surface area contributed by atoms with Gasteiger partial charge in [0.05, 0.1) is 52.6 Å². The van der Waals surface area contributed by atoms with E-state index in [1.165, 1.54) is 5.19 Å². The lowest BCUT2D eigenvalue weighted by Crippen LogP contribution is -2.52. The van der Waals surface area contributed by atoms with Gasteiger partial charge in [0.25, 0.3) is 5.91 Å². The molecule has 5 atom stereocenters. The highest BCUT2D eigenvalue weighted by molar-refractivity contribution is 9.10. The summed E-state index contributed by atoms with van der Waals surface area (Å²) < 4.78 is 13.7. The Kier molecular flexibility index (Phi) is 11.4. The van der Waals surface area contributed by atoms with Gasteiger partial charge in [-0.05, 0) is 84.0 Å². The Morgan fingerprint density at radius 2 is 1.71 bits per heavy atom. The van der Waals surface area contributed by atoms with E-state index < -0.39 is 19.8 Å². The number of benzene rings is 4. The van der Waals surface area contributed by atoms with E-state index in [0.717, 1.165) is 69.5 Å². The van der Waals surface area contributed by atoms with Gasteiger partial charge in [0.2, 0.25) is 11.8 Å². The number of fused-ring (bicyclic) bond motifs is 3. The molecule has 1 N–H and O–H groups in total. The van der Waals surface area contributed by atoms with Gasteiger partial charge >= 0.3 is 0 Å². The maximum Gasteiger partial charge on any atom is 0.264 e. The van der Waals surface area contributed by atoms with Crippen molar-refractivity contribution in [2.45, 2.75) is 101 Å². The summed E-state index contributed by atoms with van der Waals surface area (Å²) in [5.41, 5.74) is 4.14. The van der Waals surface area contributed by atoms with Crippen molar-refractivity contribution in [3.63, 3.8) is 0 Å². The van der Waals surface area contributed by atoms with E-state index in [1.807, 2.05) is 81.4 Å². The van der Waals surface area contributed by atoms with Crippen molar-refractivity contribution < 1.29 is 29.0 Å². The molecule has 4 aliphatic heterocycles. The number of amides is 3. The van der Waals surface area contributed by atoms with E-state index in [4.69, 9.17) is 9.47 Å². The lowest BCUT2D eigenvalue weighted by atomic mass is 9.82. The average molecular weight is 865 g/mol. The van der Waals surface area contributed by atoms with Crippen LogP contribution < -0.4 is 19.7 Å². The Hall–Kier alpha value is -4.29. The summed E-state index contributed by atoms with van der Waals surface area (Å²) in [5.74, 6) is 0.402. The summed E-state index contributed by atoms with van der Waals surface area (Å²) in [4.78, 5) is 48.9. The molecule has 0 aliphatic carbocycles. The number of carbonyl (C=O) groups excluding carboxylic acids is 3. The molecule has 0 radical (unpaired) electrons. The zero-order valence-electron chi connectivity index (χ0n) is 34.0. The molecule has 8 rings (SSSR count). The van der Waals surface area contributed by atoms with Crippen molar-refractivity contribution in [3.05, 3.63) is 118 Å². The fourth-order valence-electron chi connectivity index (χ4n) is 10.4. The number of anilines is 2. The zero-order valence-corrected chi connectivity index (χ0v) is 36.5. The van der Waals surface area contributed by atoms with E-state index in [-0.39, 0.29) is 48.3 Å². The fourth-order valence-corrected chi connectivity index (χ4v) is 14.8. The predicted octanol–water partition coefficient (Wildman–Crippen LogP) is 7.85. The van der Waals surface area contributed by atoms with Crippen molar-refractivity contribution >= 4 is 58.3 Å². The highest BCUT2D eigenvalue weighted by atomic mass is 79.9. The molecule has 3 amide bonds. The van der Waals surface area contributed by atoms with Crippen LogP contribution in [0.1, 0.15) is 67.7 Å². The summed E-state index contributed by atoms with van der Waals surface area (Å²) in [5, 5.41) is 11.7. The number of carbonyl (C=O) groups is 3. The minimum absolute atomic E-state index is 0.0836. The molecule has 4 aromatic rings. The summed E-state index contributed by atoms with van der Waals surface area (Å²) in [6.07, 6.45) is 4.71. The number of methoxy groups -OCH3 is 1. The Morgan fingerprint density at radius 3 is 2.47 bits per heavy atom. The highest BCUT2D eigenvalue weighted by Crippen LogP contribution is 2.60. The molecule has 2 saturated heterocycles. The minimum atomic E-state index is -2.52. The molecule has 4 heterocycles. The Bertz CT molecular complexity index is 2200. The van der Waals surface area contributed by atoms with Gasteiger partial charge < -0.3 is 29.3 Å². The van der Waals surface area contributed by atoms with Crippen LogP contribution in [0, 0.1) is 5.92 Å². The quantitative estimate of drug-likeness (QED) is 0.172. The van der Waals surface area contributed by atoms with Gasteiger partial charge in [-0.15, -0.1) is 0 Å². The standard InChI is InChI=1S/C47H54BrN3O6Si/c1-31-45(58(3,4)39-20-18-38(56-2)19-21-39)42(27-44(54)50-29-34-14-9-8-13-33(34)25-37(50)30-52)57-47(31)40-26-35(48)17-22-41(40)51(46(47)55)28-32-12-11-15-36(24-32)49-23-10-6-5-7-16-43(49)53/h8-9,11-15,17-22,24,26,31,37,42,45,52H,5-7,10,16,23,25,27-30H2,1-4H3/t31-,37+,42+,45-,47+/m1/s1. The molecule has 304 valence electrons. The van der Waals surface area contributed by atoms with Crippen LogP contribution in [0.2, 0.25) is 18.6 Å². The molecule has 4 aromatic carbocycles. The molecule has 4 aliphatic rings. The fraction of sp³-hybridized carbons (Fsp3) is 0.426. The molecule has 9 nitrogen and oxygen atoms in total. The first-order valence-electron chi connectivity index (χ1n) is 20.8. The maximum absolute atomic E-state index is 15.5. The van der Waals surface area contributed by atoms with Gasteiger partial charge in [-0.1, -0.05) is 103 Å². The number of hydrogen-bond acceptors (Lipinski definition) is 6. The monoisotopic (exact) mass is 863 g/mol. The average Bonchev–Trinajstić information content (AvgIpc) is 3.64. The second-order valence-electron chi connectivity index (χ2n) is 17.1. The largest absolute Gasteiger partial charge is 0.497 e. The Morgan fingerprint density at radius 1 is 0.948 bits per heavy atom. The molecule has 0 saturated carbocycles. The van der Waals surface area contributed by atoms with Gasteiger partial charge in [0.15, 0.2) is 5.60 Å². The van der Waals surface area contributed by atoms with Crippen LogP contribution in [0.25, 0.3) is 0 Å². The van der Waals surface area contributed by atoms with Crippen LogP contribution >= 0.6 is 15.9 Å². The summed E-state index contributed by atoms with van der Waals surface area (Å²) >= 11 is 3.72. The third kappa shape index (κ3) is 7.22. The molecule has 0 bridgehead atoms. The number of aliphatic hydroxyl groups is 1.